The molecule has 0 aliphatic heterocycles. The number of nitrogens with one attached hydrogen (secondary N) is 1. The van der Waals surface area contributed by atoms with Gasteiger partial charge in [-0.2, -0.15) is 5.26 Å². The first kappa shape index (κ1) is 27.8. The first-order chi connectivity index (χ1) is 18.9. The molecule has 0 fully saturated rings. The normalized spacial score (nSPS) is 10.9. The van der Waals surface area contributed by atoms with E-state index in [9.17, 15) is 10.1 Å². The van der Waals surface area contributed by atoms with Crippen molar-refractivity contribution in [1.29, 1.82) is 5.26 Å². The van der Waals surface area contributed by atoms with Crippen molar-refractivity contribution in [2.45, 2.75) is 13.2 Å². The maximum atomic E-state index is 12.8. The van der Waals surface area contributed by atoms with Gasteiger partial charge in [-0.05, 0) is 87.2 Å². The number of halogens is 2. The van der Waals surface area contributed by atoms with E-state index in [0.29, 0.717) is 51.2 Å². The molecule has 0 radical (unpaired) electrons. The van der Waals surface area contributed by atoms with E-state index in [1.165, 1.54) is 13.2 Å². The second kappa shape index (κ2) is 13.5. The summed E-state index contributed by atoms with van der Waals surface area (Å²) in [5, 5.41) is 13.1. The van der Waals surface area contributed by atoms with Gasteiger partial charge in [-0.15, -0.1) is 0 Å². The topological polar surface area (TPSA) is 80.6 Å². The van der Waals surface area contributed by atoms with Crippen LogP contribution in [-0.2, 0) is 18.0 Å². The smallest absolute Gasteiger partial charge is 0.266 e. The summed E-state index contributed by atoms with van der Waals surface area (Å²) in [6.45, 7) is 0.751. The predicted molar refractivity (Wildman–Crippen MR) is 156 cm³/mol. The second-order valence-electron chi connectivity index (χ2n) is 8.37. The number of anilines is 1. The lowest BCUT2D eigenvalue weighted by atomic mass is 10.1. The van der Waals surface area contributed by atoms with E-state index in [2.05, 4.69) is 21.2 Å². The van der Waals surface area contributed by atoms with Gasteiger partial charge in [0.2, 0.25) is 0 Å². The number of benzene rings is 4. The summed E-state index contributed by atoms with van der Waals surface area (Å²) in [5.74, 6) is 1.11. The largest absolute Gasteiger partial charge is 0.493 e. The lowest BCUT2D eigenvalue weighted by Crippen LogP contribution is -2.13. The number of nitrogens with zero attached hydrogens (tertiary/aromatic N) is 1. The number of rotatable bonds is 10. The number of methoxy groups -OCH3 is 1. The minimum Gasteiger partial charge on any atom is -0.493 e. The third-order valence-corrected chi connectivity index (χ3v) is 6.43. The predicted octanol–water partition coefficient (Wildman–Crippen LogP) is 7.81. The van der Waals surface area contributed by atoms with Gasteiger partial charge in [0.25, 0.3) is 5.91 Å². The lowest BCUT2D eigenvalue weighted by molar-refractivity contribution is -0.112. The summed E-state index contributed by atoms with van der Waals surface area (Å²) in [4.78, 5) is 12.8. The molecule has 1 amide bonds. The fourth-order valence-corrected chi connectivity index (χ4v) is 4.29. The first-order valence-electron chi connectivity index (χ1n) is 11.9. The Morgan fingerprint density at radius 3 is 2.28 bits per heavy atom. The Bertz CT molecular complexity index is 1500. The summed E-state index contributed by atoms with van der Waals surface area (Å²) < 4.78 is 17.9. The minimum atomic E-state index is -0.535. The number of ether oxygens (including phenoxy) is 3. The molecule has 4 aromatic rings. The van der Waals surface area contributed by atoms with Crippen LogP contribution in [0.2, 0.25) is 5.02 Å². The van der Waals surface area contributed by atoms with Gasteiger partial charge in [-0.1, -0.05) is 54.1 Å². The zero-order valence-electron chi connectivity index (χ0n) is 21.0. The van der Waals surface area contributed by atoms with E-state index in [1.54, 1.807) is 36.4 Å². The highest BCUT2D eigenvalue weighted by atomic mass is 79.9. The molecule has 0 aliphatic carbocycles. The summed E-state index contributed by atoms with van der Waals surface area (Å²) >= 11 is 9.43. The molecule has 8 heteroatoms. The monoisotopic (exact) mass is 602 g/mol. The molecule has 0 bridgehead atoms. The molecule has 39 heavy (non-hydrogen) atoms. The maximum Gasteiger partial charge on any atom is 0.266 e. The zero-order valence-corrected chi connectivity index (χ0v) is 23.3. The van der Waals surface area contributed by atoms with Gasteiger partial charge < -0.3 is 19.5 Å². The third-order valence-electron chi connectivity index (χ3n) is 5.58. The van der Waals surface area contributed by atoms with E-state index in [1.807, 2.05) is 60.7 Å². The Hall–Kier alpha value is -4.25. The summed E-state index contributed by atoms with van der Waals surface area (Å²) in [6.07, 6.45) is 1.49. The van der Waals surface area contributed by atoms with Crippen LogP contribution >= 0.6 is 27.5 Å². The average molecular weight is 604 g/mol. The fourth-order valence-electron chi connectivity index (χ4n) is 3.59. The fraction of sp³-hybridized carbons (Fsp3) is 0.0968. The quantitative estimate of drug-likeness (QED) is 0.148. The molecule has 0 saturated heterocycles. The minimum absolute atomic E-state index is 0.0648. The highest BCUT2D eigenvalue weighted by Crippen LogP contribution is 2.38. The van der Waals surface area contributed by atoms with Crippen molar-refractivity contribution < 1.29 is 19.0 Å². The van der Waals surface area contributed by atoms with Crippen molar-refractivity contribution >= 4 is 45.2 Å². The molecule has 0 atom stereocenters. The third kappa shape index (κ3) is 7.87. The maximum absolute atomic E-state index is 12.8. The average Bonchev–Trinajstić information content (AvgIpc) is 2.96. The molecule has 0 saturated carbocycles. The Labute approximate surface area is 240 Å². The van der Waals surface area contributed by atoms with Crippen LogP contribution in [0.3, 0.4) is 0 Å². The molecular formula is C31H24BrClN2O4. The van der Waals surface area contributed by atoms with Crippen LogP contribution in [0.1, 0.15) is 16.7 Å². The highest BCUT2D eigenvalue weighted by Gasteiger charge is 2.14. The van der Waals surface area contributed by atoms with Gasteiger partial charge in [0, 0.05) is 10.7 Å². The van der Waals surface area contributed by atoms with Crippen LogP contribution in [0, 0.1) is 11.3 Å². The SMILES string of the molecule is COc1cc(/C=C(\C#N)C(=O)Nc2ccc(OCc3ccc(Cl)cc3)cc2)cc(Br)c1OCc1ccccc1. The molecule has 0 aromatic heterocycles. The Morgan fingerprint density at radius 2 is 1.62 bits per heavy atom. The molecule has 0 heterocycles. The number of amides is 1. The van der Waals surface area contributed by atoms with Crippen LogP contribution in [0.5, 0.6) is 17.2 Å². The molecule has 6 nitrogen and oxygen atoms in total. The van der Waals surface area contributed by atoms with Crippen molar-refractivity contribution in [2.24, 2.45) is 0 Å². The molecule has 0 aliphatic rings. The summed E-state index contributed by atoms with van der Waals surface area (Å²) in [6, 6.07) is 29.5. The molecule has 196 valence electrons. The number of hydrogen-bond acceptors (Lipinski definition) is 5. The van der Waals surface area contributed by atoms with Crippen molar-refractivity contribution in [2.75, 3.05) is 12.4 Å². The lowest BCUT2D eigenvalue weighted by Gasteiger charge is -2.14. The summed E-state index contributed by atoms with van der Waals surface area (Å²) in [7, 11) is 1.53. The van der Waals surface area contributed by atoms with Crippen LogP contribution in [0.15, 0.2) is 101 Å². The molecule has 0 unspecified atom stereocenters. The number of nitriles is 1. The van der Waals surface area contributed by atoms with Crippen LogP contribution in [0.4, 0.5) is 5.69 Å². The number of carbonyl (C=O) groups is 1. The highest BCUT2D eigenvalue weighted by molar-refractivity contribution is 9.10. The van der Waals surface area contributed by atoms with E-state index in [4.69, 9.17) is 25.8 Å². The Kier molecular flexibility index (Phi) is 9.63. The van der Waals surface area contributed by atoms with Crippen molar-refractivity contribution in [3.63, 3.8) is 0 Å². The molecule has 4 rings (SSSR count). The van der Waals surface area contributed by atoms with Gasteiger partial charge in [-0.25, -0.2) is 0 Å². The van der Waals surface area contributed by atoms with Crippen LogP contribution < -0.4 is 19.5 Å². The standard InChI is InChI=1S/C31H24BrClN2O4/c1-37-29-17-23(16-28(32)30(29)39-20-21-5-3-2-4-6-21)15-24(18-34)31(36)35-26-11-13-27(14-12-26)38-19-22-7-9-25(33)10-8-22/h2-17H,19-20H2,1H3,(H,35,36)/b24-15+. The summed E-state index contributed by atoms with van der Waals surface area (Å²) in [5.41, 5.74) is 3.07. The Morgan fingerprint density at radius 1 is 0.949 bits per heavy atom. The first-order valence-corrected chi connectivity index (χ1v) is 13.1. The molecule has 0 spiro atoms. The number of carbonyl (C=O) groups excluding carboxylic acids is 1. The Balaban J connectivity index is 1.41. The number of hydrogen-bond donors (Lipinski definition) is 1. The van der Waals surface area contributed by atoms with E-state index in [-0.39, 0.29) is 5.57 Å². The zero-order chi connectivity index (χ0) is 27.6. The van der Waals surface area contributed by atoms with Gasteiger partial charge in [0.05, 0.1) is 11.6 Å². The van der Waals surface area contributed by atoms with Gasteiger partial charge >= 0.3 is 0 Å². The van der Waals surface area contributed by atoms with Crippen molar-refractivity contribution in [1.82, 2.24) is 0 Å². The van der Waals surface area contributed by atoms with E-state index < -0.39 is 5.91 Å². The van der Waals surface area contributed by atoms with E-state index in [0.717, 1.165) is 11.1 Å². The van der Waals surface area contributed by atoms with Crippen molar-refractivity contribution in [3.05, 3.63) is 123 Å². The molecular weight excluding hydrogens is 580 g/mol. The second-order valence-corrected chi connectivity index (χ2v) is 9.66. The van der Waals surface area contributed by atoms with Crippen molar-refractivity contribution in [3.8, 4) is 23.3 Å². The van der Waals surface area contributed by atoms with Gasteiger partial charge in [-0.3, -0.25) is 4.79 Å². The van der Waals surface area contributed by atoms with Crippen LogP contribution in [-0.4, -0.2) is 13.0 Å². The molecule has 4 aromatic carbocycles. The van der Waals surface area contributed by atoms with Crippen LogP contribution in [0.25, 0.3) is 6.08 Å². The van der Waals surface area contributed by atoms with E-state index >= 15 is 0 Å². The van der Waals surface area contributed by atoms with Gasteiger partial charge in [0.15, 0.2) is 11.5 Å². The van der Waals surface area contributed by atoms with Gasteiger partial charge in [0.1, 0.15) is 30.6 Å². The molecule has 1 N–H and O–H groups in total.